The molecule has 7 rings (SSSR count). The molecule has 0 saturated carbocycles. The van der Waals surface area contributed by atoms with Crippen molar-refractivity contribution in [3.8, 4) is 11.3 Å². The summed E-state index contributed by atoms with van der Waals surface area (Å²) in [5.74, 6) is 0. The van der Waals surface area contributed by atoms with E-state index < -0.39 is 0 Å². The van der Waals surface area contributed by atoms with Gasteiger partial charge in [0.1, 0.15) is 0 Å². The first-order valence-electron chi connectivity index (χ1n) is 12.0. The molecule has 1 aliphatic rings. The molecule has 36 heavy (non-hydrogen) atoms. The second-order valence-corrected chi connectivity index (χ2v) is 9.87. The molecule has 3 heteroatoms. The average molecular weight is 643 g/mol. The van der Waals surface area contributed by atoms with Gasteiger partial charge in [-0.1, -0.05) is 62.1 Å². The van der Waals surface area contributed by atoms with Crippen molar-refractivity contribution in [1.82, 2.24) is 9.97 Å². The van der Waals surface area contributed by atoms with Crippen LogP contribution in [0.25, 0.3) is 43.7 Å². The van der Waals surface area contributed by atoms with Gasteiger partial charge in [-0.15, -0.1) is 64.5 Å². The summed E-state index contributed by atoms with van der Waals surface area (Å²) in [5, 5.41) is 6.52. The third-order valence-electron chi connectivity index (χ3n) is 7.07. The molecule has 2 nitrogen and oxygen atoms in total. The molecule has 0 atom stereocenters. The summed E-state index contributed by atoms with van der Waals surface area (Å²) in [6.07, 6.45) is 3.68. The van der Waals surface area contributed by atoms with Gasteiger partial charge in [0.15, 0.2) is 0 Å². The smallest absolute Gasteiger partial charge is 0.0161 e. The molecule has 0 aliphatic heterocycles. The standard InChI is InChI=1S/C22H18N.C11H8N.Ir/c1-12-8-15-14-6-5-7-23-21(14)16-9-13(2)11-18-20(16)19(15)17(10-12)22(18,3)4;1-2-6-10(7-3-1)11-8-4-5-9-12-11;/h5-8,10-11H,1-4H3;1-6,8-9H;/q2*-1;. The van der Waals surface area contributed by atoms with Crippen molar-refractivity contribution in [2.45, 2.75) is 33.1 Å². The third kappa shape index (κ3) is 3.84. The zero-order valence-electron chi connectivity index (χ0n) is 20.8. The van der Waals surface area contributed by atoms with Crippen molar-refractivity contribution >= 4 is 32.4 Å². The van der Waals surface area contributed by atoms with Crippen LogP contribution in [0.3, 0.4) is 0 Å². The second kappa shape index (κ2) is 9.24. The fraction of sp³-hybridized carbons (Fsp3) is 0.152. The Kier molecular flexibility index (Phi) is 6.24. The van der Waals surface area contributed by atoms with Gasteiger partial charge in [-0.25, -0.2) is 0 Å². The molecule has 1 aliphatic carbocycles. The topological polar surface area (TPSA) is 25.8 Å². The summed E-state index contributed by atoms with van der Waals surface area (Å²) >= 11 is 0. The Labute approximate surface area is 225 Å². The van der Waals surface area contributed by atoms with Crippen molar-refractivity contribution in [2.75, 3.05) is 0 Å². The summed E-state index contributed by atoms with van der Waals surface area (Å²) in [7, 11) is 0. The molecule has 2 aromatic heterocycles. The van der Waals surface area contributed by atoms with E-state index in [1.807, 2.05) is 54.7 Å². The zero-order chi connectivity index (χ0) is 24.2. The Morgan fingerprint density at radius 3 is 2.28 bits per heavy atom. The first kappa shape index (κ1) is 24.3. The minimum atomic E-state index is 0. The molecule has 0 unspecified atom stereocenters. The maximum absolute atomic E-state index is 4.71. The van der Waals surface area contributed by atoms with Crippen LogP contribution in [-0.4, -0.2) is 9.97 Å². The molecule has 2 heterocycles. The number of aromatic nitrogens is 2. The van der Waals surface area contributed by atoms with E-state index in [0.29, 0.717) is 0 Å². The molecule has 4 aromatic carbocycles. The zero-order valence-corrected chi connectivity index (χ0v) is 23.2. The molecule has 0 fully saturated rings. The number of aryl methyl sites for hydroxylation is 2. The van der Waals surface area contributed by atoms with Gasteiger partial charge in [-0.3, -0.25) is 0 Å². The van der Waals surface area contributed by atoms with Gasteiger partial charge in [0.2, 0.25) is 0 Å². The fourth-order valence-corrected chi connectivity index (χ4v) is 5.45. The van der Waals surface area contributed by atoms with E-state index >= 15 is 0 Å². The molecule has 0 spiro atoms. The molecule has 179 valence electrons. The quantitative estimate of drug-likeness (QED) is 0.134. The molecule has 0 amide bonds. The average Bonchev–Trinajstić information content (AvgIpc) is 3.11. The van der Waals surface area contributed by atoms with Crippen molar-refractivity contribution in [2.24, 2.45) is 0 Å². The molecular formula is C33H26IrN2-2. The van der Waals surface area contributed by atoms with Gasteiger partial charge < -0.3 is 9.97 Å². The summed E-state index contributed by atoms with van der Waals surface area (Å²) in [6.45, 7) is 9.01. The van der Waals surface area contributed by atoms with Gasteiger partial charge in [0, 0.05) is 32.5 Å². The molecule has 1 radical (unpaired) electrons. The molecule has 0 saturated heterocycles. The van der Waals surface area contributed by atoms with E-state index in [4.69, 9.17) is 4.98 Å². The summed E-state index contributed by atoms with van der Waals surface area (Å²) in [5.41, 5.74) is 8.49. The minimum absolute atomic E-state index is 0. The van der Waals surface area contributed by atoms with E-state index in [-0.39, 0.29) is 25.5 Å². The summed E-state index contributed by atoms with van der Waals surface area (Å²) in [6, 6.07) is 31.6. The van der Waals surface area contributed by atoms with E-state index in [1.165, 1.54) is 49.2 Å². The second-order valence-electron chi connectivity index (χ2n) is 9.87. The molecule has 0 N–H and O–H groups in total. The van der Waals surface area contributed by atoms with Crippen molar-refractivity contribution in [3.05, 3.63) is 120 Å². The Balaban J connectivity index is 0.000000175. The Bertz CT molecular complexity index is 1590. The fourth-order valence-electron chi connectivity index (χ4n) is 5.45. The van der Waals surface area contributed by atoms with Crippen LogP contribution in [0.5, 0.6) is 0 Å². The van der Waals surface area contributed by atoms with E-state index in [0.717, 1.165) is 16.8 Å². The van der Waals surface area contributed by atoms with Gasteiger partial charge in [0.25, 0.3) is 0 Å². The third-order valence-corrected chi connectivity index (χ3v) is 7.07. The van der Waals surface area contributed by atoms with E-state index in [9.17, 15) is 0 Å². The Morgan fingerprint density at radius 1 is 0.750 bits per heavy atom. The van der Waals surface area contributed by atoms with Crippen LogP contribution >= 0.6 is 0 Å². The number of fused-ring (bicyclic) bond motifs is 3. The number of hydrogen-bond donors (Lipinski definition) is 0. The van der Waals surface area contributed by atoms with Crippen LogP contribution in [0, 0.1) is 26.0 Å². The maximum Gasteiger partial charge on any atom is 0.0161 e. The molecular weight excluding hydrogens is 617 g/mol. The van der Waals surface area contributed by atoms with Crippen molar-refractivity contribution < 1.29 is 20.1 Å². The SMILES string of the molecule is Cc1[c-]c2c3ncccc3c3cc(C)cc4c3c2c(c1)C4(C)C.[Ir].[c-]1ccccc1-c1ccccn1. The largest absolute Gasteiger partial charge is 0.305 e. The van der Waals surface area contributed by atoms with Crippen LogP contribution < -0.4 is 0 Å². The van der Waals surface area contributed by atoms with Crippen LogP contribution in [0.1, 0.15) is 36.1 Å². The number of benzene rings is 4. The molecule has 6 aromatic rings. The normalized spacial score (nSPS) is 13.0. The van der Waals surface area contributed by atoms with Crippen LogP contribution in [0.2, 0.25) is 0 Å². The van der Waals surface area contributed by atoms with Gasteiger partial charge in [0.05, 0.1) is 0 Å². The Hall–Kier alpha value is -3.39. The number of nitrogens with zero attached hydrogens (tertiary/aromatic N) is 2. The number of hydrogen-bond acceptors (Lipinski definition) is 2. The summed E-state index contributed by atoms with van der Waals surface area (Å²) in [4.78, 5) is 8.93. The van der Waals surface area contributed by atoms with Crippen LogP contribution in [0.15, 0.2) is 85.2 Å². The molecule has 0 bridgehead atoms. The van der Waals surface area contributed by atoms with Gasteiger partial charge >= 0.3 is 0 Å². The van der Waals surface area contributed by atoms with Crippen LogP contribution in [0.4, 0.5) is 0 Å². The number of pyridine rings is 2. The van der Waals surface area contributed by atoms with Gasteiger partial charge in [-0.2, -0.15) is 0 Å². The van der Waals surface area contributed by atoms with Crippen molar-refractivity contribution in [1.29, 1.82) is 0 Å². The number of rotatable bonds is 1. The van der Waals surface area contributed by atoms with Crippen LogP contribution in [-0.2, 0) is 25.5 Å². The monoisotopic (exact) mass is 643 g/mol. The van der Waals surface area contributed by atoms with E-state index in [2.05, 4.69) is 69.1 Å². The Morgan fingerprint density at radius 2 is 1.53 bits per heavy atom. The van der Waals surface area contributed by atoms with Gasteiger partial charge in [-0.05, 0) is 57.4 Å². The first-order chi connectivity index (χ1) is 16.9. The summed E-state index contributed by atoms with van der Waals surface area (Å²) < 4.78 is 0. The minimum Gasteiger partial charge on any atom is -0.305 e. The van der Waals surface area contributed by atoms with E-state index in [1.54, 1.807) is 6.20 Å². The van der Waals surface area contributed by atoms with Crippen molar-refractivity contribution in [3.63, 3.8) is 0 Å². The maximum atomic E-state index is 4.71. The first-order valence-corrected chi connectivity index (χ1v) is 12.0. The predicted octanol–water partition coefficient (Wildman–Crippen LogP) is 8.14. The predicted molar refractivity (Wildman–Crippen MR) is 146 cm³/mol.